The van der Waals surface area contributed by atoms with Crippen LogP contribution in [0.1, 0.15) is 21.7 Å². The molecule has 0 atom stereocenters. The molecule has 3 nitrogen and oxygen atoms in total. The number of nitrogens with one attached hydrogen (secondary N) is 1. The monoisotopic (exact) mass is 291 g/mol. The maximum Gasteiger partial charge on any atom is 0.259 e. The fourth-order valence-corrected chi connectivity index (χ4v) is 2.36. The highest BCUT2D eigenvalue weighted by Crippen LogP contribution is 2.26. The lowest BCUT2D eigenvalue weighted by atomic mass is 10.1. The smallest absolute Gasteiger partial charge is 0.259 e. The van der Waals surface area contributed by atoms with Crippen molar-refractivity contribution >= 4 is 11.6 Å². The molecule has 1 amide bonds. The summed E-state index contributed by atoms with van der Waals surface area (Å²) in [6.45, 7) is 3.77. The maximum atomic E-state index is 12.5. The third-order valence-electron chi connectivity index (χ3n) is 3.61. The summed E-state index contributed by atoms with van der Waals surface area (Å²) in [5.74, 6) is 1.16. The summed E-state index contributed by atoms with van der Waals surface area (Å²) in [7, 11) is 0. The minimum Gasteiger partial charge on any atom is -0.461 e. The Kier molecular flexibility index (Phi) is 3.79. The van der Waals surface area contributed by atoms with Gasteiger partial charge in [-0.05, 0) is 31.5 Å². The van der Waals surface area contributed by atoms with Crippen molar-refractivity contribution in [1.82, 2.24) is 0 Å². The van der Waals surface area contributed by atoms with Crippen LogP contribution in [0, 0.1) is 13.8 Å². The van der Waals surface area contributed by atoms with Gasteiger partial charge in [-0.25, -0.2) is 0 Å². The van der Waals surface area contributed by atoms with Gasteiger partial charge >= 0.3 is 0 Å². The minimum absolute atomic E-state index is 0.155. The van der Waals surface area contributed by atoms with E-state index in [1.807, 2.05) is 61.5 Å². The van der Waals surface area contributed by atoms with E-state index in [9.17, 15) is 4.79 Å². The van der Waals surface area contributed by atoms with Crippen molar-refractivity contribution in [3.63, 3.8) is 0 Å². The summed E-state index contributed by atoms with van der Waals surface area (Å²) in [5.41, 5.74) is 3.36. The molecule has 0 aliphatic rings. The third-order valence-corrected chi connectivity index (χ3v) is 3.61. The Hall–Kier alpha value is -2.81. The van der Waals surface area contributed by atoms with Crippen LogP contribution in [0.5, 0.6) is 0 Å². The van der Waals surface area contributed by atoms with E-state index in [1.165, 1.54) is 0 Å². The molecular weight excluding hydrogens is 274 g/mol. The highest BCUT2D eigenvalue weighted by atomic mass is 16.3. The molecule has 0 aliphatic heterocycles. The Morgan fingerprint density at radius 3 is 2.36 bits per heavy atom. The lowest BCUT2D eigenvalue weighted by Gasteiger charge is -2.06. The van der Waals surface area contributed by atoms with E-state index in [2.05, 4.69) is 5.32 Å². The van der Waals surface area contributed by atoms with Gasteiger partial charge in [0.1, 0.15) is 11.5 Å². The topological polar surface area (TPSA) is 42.2 Å². The fraction of sp³-hybridized carbons (Fsp3) is 0.105. The number of amides is 1. The van der Waals surface area contributed by atoms with Crippen molar-refractivity contribution in [3.8, 4) is 11.3 Å². The molecule has 0 saturated carbocycles. The number of carbonyl (C=O) groups excluding carboxylic acids is 1. The highest BCUT2D eigenvalue weighted by Gasteiger charge is 2.16. The molecule has 1 aromatic heterocycles. The second-order valence-electron chi connectivity index (χ2n) is 5.22. The average molecular weight is 291 g/mol. The number of rotatable bonds is 3. The molecule has 0 aliphatic carbocycles. The molecule has 110 valence electrons. The van der Waals surface area contributed by atoms with Crippen molar-refractivity contribution in [2.45, 2.75) is 13.8 Å². The zero-order chi connectivity index (χ0) is 15.5. The quantitative estimate of drug-likeness (QED) is 0.752. The summed E-state index contributed by atoms with van der Waals surface area (Å²) in [4.78, 5) is 12.5. The summed E-state index contributed by atoms with van der Waals surface area (Å²) in [5, 5.41) is 2.93. The van der Waals surface area contributed by atoms with E-state index < -0.39 is 0 Å². The van der Waals surface area contributed by atoms with E-state index >= 15 is 0 Å². The maximum absolute atomic E-state index is 12.5. The van der Waals surface area contributed by atoms with Crippen LogP contribution in [0.15, 0.2) is 65.1 Å². The molecule has 3 aromatic rings. The first-order chi connectivity index (χ1) is 10.6. The molecule has 3 heteroatoms. The first-order valence-electron chi connectivity index (χ1n) is 7.18. The summed E-state index contributed by atoms with van der Waals surface area (Å²) < 4.78 is 5.73. The molecule has 0 spiro atoms. The highest BCUT2D eigenvalue weighted by molar-refractivity contribution is 6.05. The number of benzene rings is 2. The zero-order valence-corrected chi connectivity index (χ0v) is 12.6. The molecule has 0 bridgehead atoms. The first-order valence-corrected chi connectivity index (χ1v) is 7.18. The van der Waals surface area contributed by atoms with Crippen molar-refractivity contribution in [2.24, 2.45) is 0 Å². The van der Waals surface area contributed by atoms with Crippen LogP contribution in [-0.2, 0) is 0 Å². The lowest BCUT2D eigenvalue weighted by Crippen LogP contribution is -2.12. The van der Waals surface area contributed by atoms with Crippen molar-refractivity contribution in [2.75, 3.05) is 5.32 Å². The van der Waals surface area contributed by atoms with Crippen molar-refractivity contribution < 1.29 is 9.21 Å². The van der Waals surface area contributed by atoms with Crippen molar-refractivity contribution in [3.05, 3.63) is 77.6 Å². The summed E-state index contributed by atoms with van der Waals surface area (Å²) >= 11 is 0. The molecule has 22 heavy (non-hydrogen) atoms. The van der Waals surface area contributed by atoms with Gasteiger partial charge < -0.3 is 9.73 Å². The van der Waals surface area contributed by atoms with Crippen LogP contribution in [0.25, 0.3) is 11.3 Å². The van der Waals surface area contributed by atoms with Gasteiger partial charge in [0.2, 0.25) is 0 Å². The van der Waals surface area contributed by atoms with Gasteiger partial charge in [-0.2, -0.15) is 0 Å². The predicted molar refractivity (Wildman–Crippen MR) is 88.0 cm³/mol. The molecule has 0 saturated heterocycles. The number of hydrogen-bond donors (Lipinski definition) is 1. The van der Waals surface area contributed by atoms with E-state index in [1.54, 1.807) is 13.0 Å². The van der Waals surface area contributed by atoms with E-state index in [-0.39, 0.29) is 5.91 Å². The van der Waals surface area contributed by atoms with Crippen LogP contribution < -0.4 is 5.32 Å². The standard InChI is InChI=1S/C19H17NO2/c1-13-8-6-7-11-17(13)20-19(21)16-12-18(22-14(16)2)15-9-4-3-5-10-15/h3-12H,1-2H3,(H,20,21). The SMILES string of the molecule is Cc1ccccc1NC(=O)c1cc(-c2ccccc2)oc1C. The van der Waals surface area contributed by atoms with Gasteiger partial charge in [0.25, 0.3) is 5.91 Å². The number of furan rings is 1. The molecule has 1 N–H and O–H groups in total. The molecule has 0 fully saturated rings. The van der Waals surface area contributed by atoms with Crippen molar-refractivity contribution in [1.29, 1.82) is 0 Å². The zero-order valence-electron chi connectivity index (χ0n) is 12.6. The Labute approximate surface area is 129 Å². The molecule has 0 radical (unpaired) electrons. The van der Waals surface area contributed by atoms with Gasteiger partial charge in [-0.3, -0.25) is 4.79 Å². The van der Waals surface area contributed by atoms with Crippen LogP contribution >= 0.6 is 0 Å². The van der Waals surface area contributed by atoms with Crippen LogP contribution in [0.4, 0.5) is 5.69 Å². The van der Waals surface area contributed by atoms with E-state index in [0.717, 1.165) is 16.8 Å². The van der Waals surface area contributed by atoms with E-state index in [0.29, 0.717) is 17.1 Å². The fourth-order valence-electron chi connectivity index (χ4n) is 2.36. The van der Waals surface area contributed by atoms with E-state index in [4.69, 9.17) is 4.42 Å². The number of anilines is 1. The van der Waals surface area contributed by atoms with Gasteiger partial charge in [-0.1, -0.05) is 48.5 Å². The Morgan fingerprint density at radius 1 is 0.955 bits per heavy atom. The molecular formula is C19H17NO2. The second kappa shape index (κ2) is 5.90. The van der Waals surface area contributed by atoms with Crippen LogP contribution in [-0.4, -0.2) is 5.91 Å². The molecule has 1 heterocycles. The largest absolute Gasteiger partial charge is 0.461 e. The predicted octanol–water partition coefficient (Wildman–Crippen LogP) is 4.82. The normalized spacial score (nSPS) is 10.5. The number of para-hydroxylation sites is 1. The average Bonchev–Trinajstić information content (AvgIpc) is 2.92. The summed E-state index contributed by atoms with van der Waals surface area (Å²) in [6.07, 6.45) is 0. The van der Waals surface area contributed by atoms with Gasteiger partial charge in [0.15, 0.2) is 0 Å². The number of aryl methyl sites for hydroxylation is 2. The number of hydrogen-bond acceptors (Lipinski definition) is 2. The Bertz CT molecular complexity index is 803. The molecule has 2 aromatic carbocycles. The van der Waals surface area contributed by atoms with Crippen LogP contribution in [0.2, 0.25) is 0 Å². The first kappa shape index (κ1) is 14.1. The molecule has 3 rings (SSSR count). The Balaban J connectivity index is 1.88. The number of carbonyl (C=O) groups is 1. The van der Waals surface area contributed by atoms with Gasteiger partial charge in [0, 0.05) is 11.3 Å². The molecule has 0 unspecified atom stereocenters. The summed E-state index contributed by atoms with van der Waals surface area (Å²) in [6, 6.07) is 19.3. The van der Waals surface area contributed by atoms with Gasteiger partial charge in [0.05, 0.1) is 5.56 Å². The van der Waals surface area contributed by atoms with Gasteiger partial charge in [-0.15, -0.1) is 0 Å². The second-order valence-corrected chi connectivity index (χ2v) is 5.22. The Morgan fingerprint density at radius 2 is 1.64 bits per heavy atom. The minimum atomic E-state index is -0.155. The van der Waals surface area contributed by atoms with Crippen LogP contribution in [0.3, 0.4) is 0 Å². The third kappa shape index (κ3) is 2.79. The lowest BCUT2D eigenvalue weighted by molar-refractivity contribution is 0.102.